The second-order valence-electron chi connectivity index (χ2n) is 8.12. The van der Waals surface area contributed by atoms with E-state index in [1.54, 1.807) is 12.4 Å². The topological polar surface area (TPSA) is 61.4 Å². The number of nitrogens with zero attached hydrogens (tertiary/aromatic N) is 4. The molecular formula is C25H24FN5OS. The van der Waals surface area contributed by atoms with Crippen LogP contribution in [0.1, 0.15) is 39.3 Å². The lowest BCUT2D eigenvalue weighted by Crippen LogP contribution is -2.24. The number of benzene rings is 1. The molecule has 1 aromatic carbocycles. The first-order valence-corrected chi connectivity index (χ1v) is 11.8. The quantitative estimate of drug-likeness (QED) is 0.550. The van der Waals surface area contributed by atoms with E-state index in [0.29, 0.717) is 11.4 Å². The molecule has 0 unspecified atom stereocenters. The molecule has 3 heterocycles. The summed E-state index contributed by atoms with van der Waals surface area (Å²) in [6.45, 7) is 3.09. The summed E-state index contributed by atoms with van der Waals surface area (Å²) in [6, 6.07) is 10.4. The van der Waals surface area contributed by atoms with E-state index < -0.39 is 0 Å². The average Bonchev–Trinajstić information content (AvgIpc) is 3.47. The largest absolute Gasteiger partial charge is 0.347 e. The number of thiazole rings is 1. The molecule has 168 valence electrons. The van der Waals surface area contributed by atoms with Gasteiger partial charge in [0.25, 0.3) is 5.91 Å². The molecule has 1 aliphatic carbocycles. The van der Waals surface area contributed by atoms with Crippen LogP contribution in [0.5, 0.6) is 0 Å². The number of halogens is 1. The highest BCUT2D eigenvalue weighted by Gasteiger charge is 2.31. The molecule has 33 heavy (non-hydrogen) atoms. The minimum absolute atomic E-state index is 0.128. The Hall–Kier alpha value is -3.52. The van der Waals surface area contributed by atoms with Crippen LogP contribution in [0.15, 0.2) is 72.6 Å². The van der Waals surface area contributed by atoms with Gasteiger partial charge < -0.3 is 10.2 Å². The van der Waals surface area contributed by atoms with E-state index in [2.05, 4.69) is 26.3 Å². The molecule has 8 heteroatoms. The van der Waals surface area contributed by atoms with Gasteiger partial charge in [-0.1, -0.05) is 29.5 Å². The zero-order valence-electron chi connectivity index (χ0n) is 18.3. The van der Waals surface area contributed by atoms with Crippen molar-refractivity contribution in [3.05, 3.63) is 100 Å². The second-order valence-corrected chi connectivity index (χ2v) is 9.10. The number of nitrogens with one attached hydrogen (secondary N) is 1. The van der Waals surface area contributed by atoms with Crippen molar-refractivity contribution in [3.8, 4) is 0 Å². The molecule has 0 atom stereocenters. The molecule has 5 rings (SSSR count). The maximum atomic E-state index is 13.2. The summed E-state index contributed by atoms with van der Waals surface area (Å²) in [5.74, 6) is 0.788. The summed E-state index contributed by atoms with van der Waals surface area (Å²) in [6.07, 6.45) is 10.5. The normalized spacial score (nSPS) is 14.8. The van der Waals surface area contributed by atoms with Gasteiger partial charge in [0, 0.05) is 37.9 Å². The predicted molar refractivity (Wildman–Crippen MR) is 127 cm³/mol. The zero-order chi connectivity index (χ0) is 22.8. The molecule has 3 aromatic rings. The van der Waals surface area contributed by atoms with E-state index in [9.17, 15) is 9.18 Å². The predicted octanol–water partition coefficient (Wildman–Crippen LogP) is 4.76. The van der Waals surface area contributed by atoms with Gasteiger partial charge in [-0.05, 0) is 61.1 Å². The van der Waals surface area contributed by atoms with Gasteiger partial charge in [-0.25, -0.2) is 9.37 Å². The lowest BCUT2D eigenvalue weighted by atomic mass is 10.1. The van der Waals surface area contributed by atoms with Crippen molar-refractivity contribution in [1.29, 1.82) is 0 Å². The molecule has 6 nitrogen and oxygen atoms in total. The van der Waals surface area contributed by atoms with Gasteiger partial charge in [-0.2, -0.15) is 0 Å². The van der Waals surface area contributed by atoms with E-state index in [-0.39, 0.29) is 11.7 Å². The van der Waals surface area contributed by atoms with Crippen LogP contribution in [0.2, 0.25) is 0 Å². The number of hydrogen-bond acceptors (Lipinski definition) is 6. The Labute approximate surface area is 196 Å². The maximum Gasteiger partial charge on any atom is 0.263 e. The Bertz CT molecular complexity index is 1210. The van der Waals surface area contributed by atoms with Gasteiger partial charge in [0.15, 0.2) is 5.13 Å². The number of amides is 1. The minimum Gasteiger partial charge on any atom is -0.347 e. The SMILES string of the molecule is Cc1nc(N2C=CN(CCc3ccc(F)cc3)C2=C2CC2)sc1C(=O)NCc1cccnc1. The average molecular weight is 462 g/mol. The van der Waals surface area contributed by atoms with Crippen LogP contribution in [0.3, 0.4) is 0 Å². The summed E-state index contributed by atoms with van der Waals surface area (Å²) in [5.41, 5.74) is 4.15. The van der Waals surface area contributed by atoms with Crippen molar-refractivity contribution in [1.82, 2.24) is 20.2 Å². The van der Waals surface area contributed by atoms with E-state index >= 15 is 0 Å². The highest BCUT2D eigenvalue weighted by molar-refractivity contribution is 7.17. The Morgan fingerprint density at radius 3 is 2.70 bits per heavy atom. The van der Waals surface area contributed by atoms with Crippen LogP contribution < -0.4 is 10.2 Å². The standard InChI is InChI=1S/C25H24FN5OS/c1-17-22(23(32)28-16-19-3-2-11-27-15-19)33-25(29-17)31-14-13-30(24(31)20-6-7-20)12-10-18-4-8-21(26)9-5-18/h2-5,8-9,11,13-15H,6-7,10,12,16H2,1H3,(H,28,32). The van der Waals surface area contributed by atoms with Crippen LogP contribution in [0, 0.1) is 12.7 Å². The highest BCUT2D eigenvalue weighted by atomic mass is 32.1. The van der Waals surface area contributed by atoms with Gasteiger partial charge in [-0.15, -0.1) is 0 Å². The number of carbonyl (C=O) groups is 1. The van der Waals surface area contributed by atoms with Crippen molar-refractivity contribution >= 4 is 22.4 Å². The number of rotatable bonds is 7. The first-order valence-electron chi connectivity index (χ1n) is 10.9. The third-order valence-corrected chi connectivity index (χ3v) is 6.80. The van der Waals surface area contributed by atoms with Crippen LogP contribution in [-0.4, -0.2) is 27.3 Å². The van der Waals surface area contributed by atoms with Gasteiger partial charge in [-0.3, -0.25) is 14.7 Å². The number of aromatic nitrogens is 2. The fraction of sp³-hybridized carbons (Fsp3) is 0.240. The first-order chi connectivity index (χ1) is 16.1. The Morgan fingerprint density at radius 2 is 1.97 bits per heavy atom. The fourth-order valence-corrected chi connectivity index (χ4v) is 4.75. The van der Waals surface area contributed by atoms with Gasteiger partial charge >= 0.3 is 0 Å². The molecule has 0 saturated heterocycles. The van der Waals surface area contributed by atoms with Gasteiger partial charge in [0.05, 0.1) is 5.69 Å². The molecule has 0 radical (unpaired) electrons. The van der Waals surface area contributed by atoms with Crippen LogP contribution in [0.4, 0.5) is 9.52 Å². The Kier molecular flexibility index (Phi) is 5.92. The minimum atomic E-state index is -0.216. The van der Waals surface area contributed by atoms with Crippen LogP contribution in [0.25, 0.3) is 0 Å². The van der Waals surface area contributed by atoms with Gasteiger partial charge in [0.2, 0.25) is 0 Å². The van der Waals surface area contributed by atoms with Crippen LogP contribution in [-0.2, 0) is 13.0 Å². The molecule has 1 amide bonds. The molecule has 1 saturated carbocycles. The molecule has 0 bridgehead atoms. The van der Waals surface area contributed by atoms with Crippen molar-refractivity contribution in [2.45, 2.75) is 32.7 Å². The number of anilines is 1. The van der Waals surface area contributed by atoms with Crippen molar-refractivity contribution in [2.24, 2.45) is 0 Å². The first kappa shape index (κ1) is 21.3. The number of carbonyl (C=O) groups excluding carboxylic acids is 1. The molecule has 2 aromatic heterocycles. The highest BCUT2D eigenvalue weighted by Crippen LogP contribution is 2.41. The van der Waals surface area contributed by atoms with Crippen molar-refractivity contribution < 1.29 is 9.18 Å². The van der Waals surface area contributed by atoms with Crippen LogP contribution >= 0.6 is 11.3 Å². The van der Waals surface area contributed by atoms with E-state index in [1.807, 2.05) is 37.4 Å². The molecule has 1 fully saturated rings. The monoisotopic (exact) mass is 461 g/mol. The molecule has 1 aliphatic heterocycles. The number of pyridine rings is 1. The third-order valence-electron chi connectivity index (χ3n) is 5.64. The number of allylic oxidation sites excluding steroid dienone is 1. The van der Waals surface area contributed by atoms with Crippen molar-refractivity contribution in [3.63, 3.8) is 0 Å². The summed E-state index contributed by atoms with van der Waals surface area (Å²) in [7, 11) is 0. The summed E-state index contributed by atoms with van der Waals surface area (Å²) in [4.78, 5) is 26.5. The molecular weight excluding hydrogens is 437 g/mol. The Balaban J connectivity index is 1.28. The molecule has 0 spiro atoms. The van der Waals surface area contributed by atoms with E-state index in [1.165, 1.54) is 29.0 Å². The summed E-state index contributed by atoms with van der Waals surface area (Å²) < 4.78 is 13.2. The maximum absolute atomic E-state index is 13.2. The third kappa shape index (κ3) is 4.80. The number of hydrogen-bond donors (Lipinski definition) is 1. The lowest BCUT2D eigenvalue weighted by Gasteiger charge is -2.23. The summed E-state index contributed by atoms with van der Waals surface area (Å²) in [5, 5.41) is 3.75. The van der Waals surface area contributed by atoms with Crippen molar-refractivity contribution in [2.75, 3.05) is 11.4 Å². The zero-order valence-corrected chi connectivity index (χ0v) is 19.1. The summed E-state index contributed by atoms with van der Waals surface area (Å²) >= 11 is 1.40. The van der Waals surface area contributed by atoms with E-state index in [0.717, 1.165) is 53.6 Å². The smallest absolute Gasteiger partial charge is 0.263 e. The van der Waals surface area contributed by atoms with Gasteiger partial charge in [0.1, 0.15) is 16.5 Å². The second kappa shape index (κ2) is 9.15. The molecule has 1 N–H and O–H groups in total. The van der Waals surface area contributed by atoms with E-state index in [4.69, 9.17) is 4.98 Å². The number of aryl methyl sites for hydroxylation is 1. The molecule has 2 aliphatic rings. The fourth-order valence-electron chi connectivity index (χ4n) is 3.78. The lowest BCUT2D eigenvalue weighted by molar-refractivity contribution is 0.0954. The Morgan fingerprint density at radius 1 is 1.15 bits per heavy atom.